The van der Waals surface area contributed by atoms with Gasteiger partial charge in [-0.15, -0.1) is 0 Å². The normalized spacial score (nSPS) is 19.5. The van der Waals surface area contributed by atoms with Crippen molar-refractivity contribution in [3.05, 3.63) is 53.6 Å². The molecule has 1 atom stereocenters. The molecule has 0 radical (unpaired) electrons. The molecule has 1 aliphatic rings. The number of anilines is 2. The molecule has 0 saturated carbocycles. The van der Waals surface area contributed by atoms with Crippen LogP contribution in [0.25, 0.3) is 0 Å². The summed E-state index contributed by atoms with van der Waals surface area (Å²) in [5, 5.41) is 0.382. The maximum atomic E-state index is 12.4. The van der Waals surface area contributed by atoms with E-state index in [1.807, 2.05) is 0 Å². The smallest absolute Gasteiger partial charge is 0.261 e. The molecule has 1 saturated heterocycles. The van der Waals surface area contributed by atoms with Crippen LogP contribution in [0.1, 0.15) is 6.92 Å². The highest BCUT2D eigenvalue weighted by Crippen LogP contribution is 2.29. The Morgan fingerprint density at radius 1 is 1.15 bits per heavy atom. The summed E-state index contributed by atoms with van der Waals surface area (Å²) in [6, 6.07) is 11.3. The molecule has 10 heteroatoms. The van der Waals surface area contributed by atoms with Crippen molar-refractivity contribution in [1.82, 2.24) is 0 Å². The number of nitrogens with zero attached hydrogens (tertiary/aromatic N) is 1. The van der Waals surface area contributed by atoms with E-state index < -0.39 is 31.9 Å². The van der Waals surface area contributed by atoms with Gasteiger partial charge in [-0.2, -0.15) is 0 Å². The van der Waals surface area contributed by atoms with Gasteiger partial charge >= 0.3 is 0 Å². The summed E-state index contributed by atoms with van der Waals surface area (Å²) in [4.78, 5) is 12.0. The van der Waals surface area contributed by atoms with E-state index in [1.54, 1.807) is 18.2 Å². The number of halogens is 1. The van der Waals surface area contributed by atoms with Crippen molar-refractivity contribution in [3.63, 3.8) is 0 Å². The molecule has 1 fully saturated rings. The van der Waals surface area contributed by atoms with Gasteiger partial charge in [0.2, 0.25) is 15.9 Å². The van der Waals surface area contributed by atoms with E-state index in [0.717, 1.165) is 4.31 Å². The van der Waals surface area contributed by atoms with Crippen LogP contribution in [-0.4, -0.2) is 28.5 Å². The predicted molar refractivity (Wildman–Crippen MR) is 99.1 cm³/mol. The number of hydrogen-bond donors (Lipinski definition) is 1. The van der Waals surface area contributed by atoms with Gasteiger partial charge in [-0.05, 0) is 42.5 Å². The zero-order valence-electron chi connectivity index (χ0n) is 13.6. The summed E-state index contributed by atoms with van der Waals surface area (Å²) in [7, 11) is -7.62. The molecule has 3 rings (SSSR count). The van der Waals surface area contributed by atoms with E-state index in [4.69, 9.17) is 11.6 Å². The van der Waals surface area contributed by atoms with Crippen LogP contribution in [0.15, 0.2) is 53.4 Å². The largest absolute Gasteiger partial charge is 0.280 e. The van der Waals surface area contributed by atoms with Crippen molar-refractivity contribution >= 4 is 48.9 Å². The number of amides is 1. The quantitative estimate of drug-likeness (QED) is 0.828. The lowest BCUT2D eigenvalue weighted by Gasteiger charge is -2.16. The van der Waals surface area contributed by atoms with Crippen LogP contribution in [0.4, 0.5) is 11.4 Å². The maximum absolute atomic E-state index is 12.4. The molecular formula is C16H15ClN2O5S2. The Hall–Kier alpha value is -2.10. The molecule has 2 aromatic rings. The third-order valence-corrected chi connectivity index (χ3v) is 7.32. The Balaban J connectivity index is 1.89. The van der Waals surface area contributed by atoms with Gasteiger partial charge in [-0.3, -0.25) is 9.52 Å². The molecule has 0 aromatic heterocycles. The van der Waals surface area contributed by atoms with Crippen molar-refractivity contribution in [2.24, 2.45) is 5.92 Å². The van der Waals surface area contributed by atoms with Crippen molar-refractivity contribution in [2.75, 3.05) is 14.8 Å². The SMILES string of the molecule is CC1CS(=O)(=O)N(c2ccc(S(=O)(=O)Nc3cccc(Cl)c3)cc2)C1=O. The summed E-state index contributed by atoms with van der Waals surface area (Å²) < 4.78 is 52.2. The summed E-state index contributed by atoms with van der Waals surface area (Å²) in [6.07, 6.45) is 0. The van der Waals surface area contributed by atoms with Crippen LogP contribution in [0, 0.1) is 5.92 Å². The minimum atomic E-state index is -3.88. The Morgan fingerprint density at radius 3 is 2.35 bits per heavy atom. The van der Waals surface area contributed by atoms with Crippen LogP contribution in [0.3, 0.4) is 0 Å². The van der Waals surface area contributed by atoms with E-state index in [-0.39, 0.29) is 16.3 Å². The lowest BCUT2D eigenvalue weighted by molar-refractivity contribution is -0.119. The lowest BCUT2D eigenvalue weighted by atomic mass is 10.2. The molecule has 26 heavy (non-hydrogen) atoms. The van der Waals surface area contributed by atoms with Crippen molar-refractivity contribution < 1.29 is 21.6 Å². The number of benzene rings is 2. The highest BCUT2D eigenvalue weighted by molar-refractivity contribution is 7.94. The van der Waals surface area contributed by atoms with E-state index in [2.05, 4.69) is 4.72 Å². The van der Waals surface area contributed by atoms with Crippen molar-refractivity contribution in [1.29, 1.82) is 0 Å². The second-order valence-corrected chi connectivity index (χ2v) is 9.87. The number of carbonyl (C=O) groups excluding carboxylic acids is 1. The number of carbonyl (C=O) groups is 1. The van der Waals surface area contributed by atoms with Crippen molar-refractivity contribution in [2.45, 2.75) is 11.8 Å². The summed E-state index contributed by atoms with van der Waals surface area (Å²) in [6.45, 7) is 1.54. The van der Waals surface area contributed by atoms with E-state index in [0.29, 0.717) is 10.7 Å². The fourth-order valence-electron chi connectivity index (χ4n) is 2.61. The monoisotopic (exact) mass is 414 g/mol. The zero-order chi connectivity index (χ0) is 19.1. The first kappa shape index (κ1) is 18.7. The average molecular weight is 415 g/mol. The van der Waals surface area contributed by atoms with Gasteiger partial charge in [0.15, 0.2) is 0 Å². The van der Waals surface area contributed by atoms with Gasteiger partial charge in [-0.1, -0.05) is 24.6 Å². The third kappa shape index (κ3) is 3.55. The second kappa shape index (κ2) is 6.57. The molecular weight excluding hydrogens is 400 g/mol. The molecule has 7 nitrogen and oxygen atoms in total. The lowest BCUT2D eigenvalue weighted by Crippen LogP contribution is -2.30. The Kier molecular flexibility index (Phi) is 4.72. The first-order valence-electron chi connectivity index (χ1n) is 7.55. The van der Waals surface area contributed by atoms with Gasteiger partial charge in [0.25, 0.3) is 10.0 Å². The number of sulfonamides is 2. The number of hydrogen-bond acceptors (Lipinski definition) is 5. The summed E-state index contributed by atoms with van der Waals surface area (Å²) in [5.74, 6) is -1.42. The van der Waals surface area contributed by atoms with Gasteiger partial charge in [0.1, 0.15) is 0 Å². The van der Waals surface area contributed by atoms with E-state index in [9.17, 15) is 21.6 Å². The van der Waals surface area contributed by atoms with Crippen LogP contribution < -0.4 is 9.03 Å². The molecule has 0 aliphatic carbocycles. The summed E-state index contributed by atoms with van der Waals surface area (Å²) in [5.41, 5.74) is 0.411. The van der Waals surface area contributed by atoms with Gasteiger partial charge < -0.3 is 0 Å². The zero-order valence-corrected chi connectivity index (χ0v) is 16.0. The fourth-order valence-corrected chi connectivity index (χ4v) is 5.67. The molecule has 138 valence electrons. The molecule has 1 heterocycles. The summed E-state index contributed by atoms with van der Waals surface area (Å²) >= 11 is 5.84. The van der Waals surface area contributed by atoms with Crippen LogP contribution in [-0.2, 0) is 24.8 Å². The fraction of sp³-hybridized carbons (Fsp3) is 0.188. The molecule has 1 aliphatic heterocycles. The topological polar surface area (TPSA) is 101 Å². The second-order valence-electron chi connectivity index (χ2n) is 5.89. The highest BCUT2D eigenvalue weighted by atomic mass is 35.5. The van der Waals surface area contributed by atoms with E-state index in [1.165, 1.54) is 37.3 Å². The van der Waals surface area contributed by atoms with Gasteiger partial charge in [0, 0.05) is 5.02 Å². The Bertz CT molecular complexity index is 1070. The minimum Gasteiger partial charge on any atom is -0.280 e. The first-order valence-corrected chi connectivity index (χ1v) is 11.0. The van der Waals surface area contributed by atoms with Crippen LogP contribution in [0.2, 0.25) is 5.02 Å². The standard InChI is InChI=1S/C16H15ClN2O5S2/c1-11-10-25(21,22)19(16(11)20)14-5-7-15(8-6-14)26(23,24)18-13-4-2-3-12(17)9-13/h2-9,11,18H,10H2,1H3. The molecule has 1 N–H and O–H groups in total. The Labute approximate surface area is 156 Å². The molecule has 0 bridgehead atoms. The van der Waals surface area contributed by atoms with Crippen LogP contribution in [0.5, 0.6) is 0 Å². The first-order chi connectivity index (χ1) is 12.1. The van der Waals surface area contributed by atoms with E-state index >= 15 is 0 Å². The van der Waals surface area contributed by atoms with Crippen LogP contribution >= 0.6 is 11.6 Å². The Morgan fingerprint density at radius 2 is 1.81 bits per heavy atom. The van der Waals surface area contributed by atoms with Gasteiger partial charge in [-0.25, -0.2) is 21.1 Å². The molecule has 1 unspecified atom stereocenters. The molecule has 2 aromatic carbocycles. The number of nitrogens with one attached hydrogen (secondary N) is 1. The molecule has 1 amide bonds. The maximum Gasteiger partial charge on any atom is 0.261 e. The molecule has 0 spiro atoms. The number of rotatable bonds is 4. The predicted octanol–water partition coefficient (Wildman–Crippen LogP) is 2.45. The van der Waals surface area contributed by atoms with Crippen molar-refractivity contribution in [3.8, 4) is 0 Å². The average Bonchev–Trinajstić information content (AvgIpc) is 2.74. The third-order valence-electron chi connectivity index (χ3n) is 3.82. The van der Waals surface area contributed by atoms with Gasteiger partial charge in [0.05, 0.1) is 27.9 Å². The minimum absolute atomic E-state index is 0.0710. The highest BCUT2D eigenvalue weighted by Gasteiger charge is 2.41.